The average molecular weight is 282 g/mol. The van der Waals surface area contributed by atoms with E-state index in [1.807, 2.05) is 0 Å². The Kier molecular flexibility index (Phi) is 4.71. The first kappa shape index (κ1) is 14.2. The van der Waals surface area contributed by atoms with Crippen molar-refractivity contribution >= 4 is 22.9 Å². The zero-order valence-electron chi connectivity index (χ0n) is 11.1. The second kappa shape index (κ2) is 6.30. The van der Waals surface area contributed by atoms with E-state index in [0.717, 1.165) is 32.5 Å². The molecule has 1 aliphatic heterocycles. The molecule has 19 heavy (non-hydrogen) atoms. The Labute approximate surface area is 118 Å². The Morgan fingerprint density at radius 1 is 1.47 bits per heavy atom. The zero-order valence-corrected chi connectivity index (χ0v) is 11.9. The lowest BCUT2D eigenvalue weighted by Crippen LogP contribution is -2.35. The minimum Gasteiger partial charge on any atom is -0.389 e. The largest absolute Gasteiger partial charge is 0.389 e. The van der Waals surface area contributed by atoms with Gasteiger partial charge in [-0.25, -0.2) is 4.39 Å². The third-order valence-corrected chi connectivity index (χ3v) is 3.83. The van der Waals surface area contributed by atoms with E-state index in [0.29, 0.717) is 17.2 Å². The van der Waals surface area contributed by atoms with E-state index in [9.17, 15) is 4.39 Å². The van der Waals surface area contributed by atoms with Crippen LogP contribution in [0.1, 0.15) is 18.4 Å². The van der Waals surface area contributed by atoms with E-state index in [1.54, 1.807) is 19.2 Å². The van der Waals surface area contributed by atoms with Gasteiger partial charge >= 0.3 is 0 Å². The lowest BCUT2D eigenvalue weighted by Gasteiger charge is -2.33. The molecule has 2 N–H and O–H groups in total. The summed E-state index contributed by atoms with van der Waals surface area (Å²) < 4.78 is 19.2. The summed E-state index contributed by atoms with van der Waals surface area (Å²) in [5.74, 6) is 0.329. The molecule has 0 saturated carbocycles. The molecule has 0 radical (unpaired) electrons. The van der Waals surface area contributed by atoms with Gasteiger partial charge in [0.2, 0.25) is 0 Å². The van der Waals surface area contributed by atoms with Crippen LogP contribution in [-0.2, 0) is 4.74 Å². The second-order valence-corrected chi connectivity index (χ2v) is 5.36. The minimum absolute atomic E-state index is 0.226. The standard InChI is InChI=1S/C14H19FN2OS/c1-18-9-10-4-6-17(7-5-10)13-3-2-11(14(16)19)8-12(13)15/h2-3,8,10H,4-7,9H2,1H3,(H2,16,19). The second-order valence-electron chi connectivity index (χ2n) is 4.92. The van der Waals surface area contributed by atoms with Crippen LogP contribution >= 0.6 is 12.2 Å². The number of rotatable bonds is 4. The highest BCUT2D eigenvalue weighted by molar-refractivity contribution is 7.80. The number of thiocarbonyl (C=S) groups is 1. The Bertz CT molecular complexity index is 459. The fourth-order valence-electron chi connectivity index (χ4n) is 2.49. The van der Waals surface area contributed by atoms with Crippen molar-refractivity contribution in [1.82, 2.24) is 0 Å². The fraction of sp³-hybridized carbons (Fsp3) is 0.500. The van der Waals surface area contributed by atoms with Gasteiger partial charge in [-0.1, -0.05) is 12.2 Å². The van der Waals surface area contributed by atoms with Crippen molar-refractivity contribution in [1.29, 1.82) is 0 Å². The first-order valence-corrected chi connectivity index (χ1v) is 6.86. The van der Waals surface area contributed by atoms with Gasteiger partial charge < -0.3 is 15.4 Å². The summed E-state index contributed by atoms with van der Waals surface area (Å²) in [6, 6.07) is 4.96. The molecule has 0 bridgehead atoms. The summed E-state index contributed by atoms with van der Waals surface area (Å²) in [4.78, 5) is 2.30. The molecule has 1 fully saturated rings. The summed E-state index contributed by atoms with van der Waals surface area (Å²) in [6.45, 7) is 2.51. The van der Waals surface area contributed by atoms with Crippen molar-refractivity contribution in [2.75, 3.05) is 31.7 Å². The van der Waals surface area contributed by atoms with Crippen LogP contribution in [0, 0.1) is 11.7 Å². The van der Waals surface area contributed by atoms with Crippen LogP contribution in [0.4, 0.5) is 10.1 Å². The highest BCUT2D eigenvalue weighted by Crippen LogP contribution is 2.26. The van der Waals surface area contributed by atoms with Crippen LogP contribution in [0.2, 0.25) is 0 Å². The van der Waals surface area contributed by atoms with Crippen molar-refractivity contribution in [3.05, 3.63) is 29.6 Å². The van der Waals surface area contributed by atoms with Crippen molar-refractivity contribution in [3.63, 3.8) is 0 Å². The molecule has 0 atom stereocenters. The summed E-state index contributed by atoms with van der Waals surface area (Å²) in [6.07, 6.45) is 2.06. The van der Waals surface area contributed by atoms with Gasteiger partial charge in [0.05, 0.1) is 5.69 Å². The van der Waals surface area contributed by atoms with Crippen molar-refractivity contribution in [2.24, 2.45) is 11.7 Å². The van der Waals surface area contributed by atoms with Gasteiger partial charge in [-0.15, -0.1) is 0 Å². The Morgan fingerprint density at radius 3 is 2.68 bits per heavy atom. The highest BCUT2D eigenvalue weighted by Gasteiger charge is 2.21. The van der Waals surface area contributed by atoms with Gasteiger partial charge in [0.15, 0.2) is 0 Å². The summed E-state index contributed by atoms with van der Waals surface area (Å²) >= 11 is 4.85. The molecule has 1 heterocycles. The lowest BCUT2D eigenvalue weighted by atomic mass is 9.97. The molecule has 0 aliphatic carbocycles. The molecule has 3 nitrogen and oxygen atoms in total. The number of anilines is 1. The average Bonchev–Trinajstić information content (AvgIpc) is 2.40. The van der Waals surface area contributed by atoms with Crippen molar-refractivity contribution < 1.29 is 9.13 Å². The van der Waals surface area contributed by atoms with Crippen LogP contribution in [0.25, 0.3) is 0 Å². The molecular formula is C14H19FN2OS. The normalized spacial score (nSPS) is 16.6. The Morgan fingerprint density at radius 2 is 2.16 bits per heavy atom. The molecule has 104 valence electrons. The van der Waals surface area contributed by atoms with Gasteiger partial charge in [0.1, 0.15) is 10.8 Å². The number of halogens is 1. The molecule has 1 aromatic carbocycles. The molecule has 1 aromatic rings. The number of ether oxygens (including phenoxy) is 1. The maximum atomic E-state index is 14.1. The molecule has 0 unspecified atom stereocenters. The molecule has 0 spiro atoms. The van der Waals surface area contributed by atoms with Crippen LogP contribution in [0.15, 0.2) is 18.2 Å². The van der Waals surface area contributed by atoms with Gasteiger partial charge in [-0.05, 0) is 37.0 Å². The predicted octanol–water partition coefficient (Wildman–Crippen LogP) is 2.32. The third-order valence-electron chi connectivity index (χ3n) is 3.59. The van der Waals surface area contributed by atoms with Gasteiger partial charge in [-0.2, -0.15) is 0 Å². The fourth-order valence-corrected chi connectivity index (χ4v) is 2.62. The maximum Gasteiger partial charge on any atom is 0.147 e. The molecule has 1 saturated heterocycles. The molecule has 0 aromatic heterocycles. The van der Waals surface area contributed by atoms with E-state index in [-0.39, 0.29) is 10.8 Å². The molecule has 2 rings (SSSR count). The van der Waals surface area contributed by atoms with E-state index >= 15 is 0 Å². The van der Waals surface area contributed by atoms with E-state index in [2.05, 4.69) is 4.90 Å². The number of methoxy groups -OCH3 is 1. The first-order valence-electron chi connectivity index (χ1n) is 6.45. The first-order chi connectivity index (χ1) is 9.11. The molecule has 0 amide bonds. The zero-order chi connectivity index (χ0) is 13.8. The quantitative estimate of drug-likeness (QED) is 0.860. The number of hydrogen-bond donors (Lipinski definition) is 1. The summed E-state index contributed by atoms with van der Waals surface area (Å²) in [5.41, 5.74) is 6.71. The molecule has 1 aliphatic rings. The van der Waals surface area contributed by atoms with E-state index in [1.165, 1.54) is 6.07 Å². The Balaban J connectivity index is 2.05. The maximum absolute atomic E-state index is 14.1. The SMILES string of the molecule is COCC1CCN(c2ccc(C(N)=S)cc2F)CC1. The number of nitrogens with two attached hydrogens (primary N) is 1. The Hall–Kier alpha value is -1.20. The molecular weight excluding hydrogens is 263 g/mol. The van der Waals surface area contributed by atoms with E-state index in [4.69, 9.17) is 22.7 Å². The topological polar surface area (TPSA) is 38.5 Å². The van der Waals surface area contributed by atoms with Crippen LogP contribution in [0.3, 0.4) is 0 Å². The highest BCUT2D eigenvalue weighted by atomic mass is 32.1. The van der Waals surface area contributed by atoms with Gasteiger partial charge in [0.25, 0.3) is 0 Å². The monoisotopic (exact) mass is 282 g/mol. The smallest absolute Gasteiger partial charge is 0.147 e. The van der Waals surface area contributed by atoms with Crippen molar-refractivity contribution in [3.8, 4) is 0 Å². The summed E-state index contributed by atoms with van der Waals surface area (Å²) in [5, 5.41) is 0. The number of nitrogens with zero attached hydrogens (tertiary/aromatic N) is 1. The van der Waals surface area contributed by atoms with E-state index < -0.39 is 0 Å². The van der Waals surface area contributed by atoms with Gasteiger partial charge in [-0.3, -0.25) is 0 Å². The predicted molar refractivity (Wildman–Crippen MR) is 79.1 cm³/mol. The molecule has 5 heteroatoms. The van der Waals surface area contributed by atoms with Crippen LogP contribution in [0.5, 0.6) is 0 Å². The van der Waals surface area contributed by atoms with Crippen LogP contribution in [-0.4, -0.2) is 31.8 Å². The summed E-state index contributed by atoms with van der Waals surface area (Å²) in [7, 11) is 1.72. The van der Waals surface area contributed by atoms with Crippen molar-refractivity contribution in [2.45, 2.75) is 12.8 Å². The number of hydrogen-bond acceptors (Lipinski definition) is 3. The minimum atomic E-state index is -0.254. The number of benzene rings is 1. The van der Waals surface area contributed by atoms with Crippen LogP contribution < -0.4 is 10.6 Å². The third kappa shape index (κ3) is 3.42. The lowest BCUT2D eigenvalue weighted by molar-refractivity contribution is 0.139. The number of piperidine rings is 1. The van der Waals surface area contributed by atoms with Gasteiger partial charge in [0, 0.05) is 32.4 Å².